The lowest BCUT2D eigenvalue weighted by Crippen LogP contribution is -2.08. The summed E-state index contributed by atoms with van der Waals surface area (Å²) in [5.41, 5.74) is 0.425. The number of nitrogens with zero attached hydrogens (tertiary/aromatic N) is 3. The van der Waals surface area contributed by atoms with Crippen LogP contribution in [-0.2, 0) is 7.05 Å². The molecule has 0 fully saturated rings. The van der Waals surface area contributed by atoms with E-state index in [1.807, 2.05) is 7.05 Å². The van der Waals surface area contributed by atoms with E-state index >= 15 is 0 Å². The summed E-state index contributed by atoms with van der Waals surface area (Å²) in [6.45, 7) is 0. The van der Waals surface area contributed by atoms with Gasteiger partial charge in [0.1, 0.15) is 5.82 Å². The zero-order valence-corrected chi connectivity index (χ0v) is 8.89. The molecule has 2 aromatic heterocycles. The van der Waals surface area contributed by atoms with E-state index in [2.05, 4.69) is 9.97 Å². The Labute approximate surface area is 92.2 Å². The number of halogens is 1. The van der Waals surface area contributed by atoms with Gasteiger partial charge in [-0.15, -0.1) is 0 Å². The lowest BCUT2D eigenvalue weighted by atomic mass is 10.2. The molecule has 0 radical (unpaired) electrons. The summed E-state index contributed by atoms with van der Waals surface area (Å²) in [5.74, 6) is 0.524. The van der Waals surface area contributed by atoms with Crippen LogP contribution in [0.3, 0.4) is 0 Å². The topological polar surface area (TPSA) is 50.9 Å². The molecular formula is C10H10ClN3O. The quantitative estimate of drug-likeness (QED) is 0.841. The van der Waals surface area contributed by atoms with E-state index < -0.39 is 6.10 Å². The third-order valence-electron chi connectivity index (χ3n) is 2.15. The molecule has 1 atom stereocenters. The second-order valence-electron chi connectivity index (χ2n) is 3.17. The summed E-state index contributed by atoms with van der Waals surface area (Å²) in [4.78, 5) is 8.09. The number of hydrogen-bond acceptors (Lipinski definition) is 3. The molecule has 0 aliphatic rings. The molecule has 0 aromatic carbocycles. The van der Waals surface area contributed by atoms with E-state index in [1.54, 1.807) is 35.3 Å². The molecule has 0 spiro atoms. The molecule has 2 heterocycles. The molecule has 2 rings (SSSR count). The normalized spacial score (nSPS) is 12.7. The number of aromatic nitrogens is 3. The number of hydrogen-bond donors (Lipinski definition) is 1. The van der Waals surface area contributed by atoms with Crippen LogP contribution in [-0.4, -0.2) is 19.6 Å². The molecular weight excluding hydrogens is 214 g/mol. The molecule has 15 heavy (non-hydrogen) atoms. The SMILES string of the molecule is Cn1ccnc1C(O)c1ncccc1Cl. The van der Waals surface area contributed by atoms with E-state index in [9.17, 15) is 5.11 Å². The van der Waals surface area contributed by atoms with Crippen molar-refractivity contribution in [2.75, 3.05) is 0 Å². The average molecular weight is 224 g/mol. The minimum Gasteiger partial charge on any atom is -0.379 e. The van der Waals surface area contributed by atoms with Crippen LogP contribution in [0.5, 0.6) is 0 Å². The zero-order valence-electron chi connectivity index (χ0n) is 8.13. The van der Waals surface area contributed by atoms with Crippen molar-refractivity contribution in [3.8, 4) is 0 Å². The molecule has 0 saturated carbocycles. The van der Waals surface area contributed by atoms with Crippen molar-refractivity contribution in [2.45, 2.75) is 6.10 Å². The van der Waals surface area contributed by atoms with Gasteiger partial charge in [-0.2, -0.15) is 0 Å². The smallest absolute Gasteiger partial charge is 0.155 e. The molecule has 1 unspecified atom stereocenters. The Balaban J connectivity index is 2.41. The van der Waals surface area contributed by atoms with Crippen LogP contribution >= 0.6 is 11.6 Å². The van der Waals surface area contributed by atoms with Gasteiger partial charge in [0.15, 0.2) is 6.10 Å². The predicted octanol–water partition coefficient (Wildman–Crippen LogP) is 1.55. The standard InChI is InChI=1S/C10H10ClN3O/c1-14-6-5-13-10(14)9(15)8-7(11)3-2-4-12-8/h2-6,9,15H,1H3. The van der Waals surface area contributed by atoms with E-state index in [1.165, 1.54) is 0 Å². The summed E-state index contributed by atoms with van der Waals surface area (Å²) in [6, 6.07) is 3.41. The highest BCUT2D eigenvalue weighted by Crippen LogP contribution is 2.24. The number of aliphatic hydroxyl groups excluding tert-OH is 1. The first-order chi connectivity index (χ1) is 7.20. The second kappa shape index (κ2) is 4.00. The van der Waals surface area contributed by atoms with Gasteiger partial charge < -0.3 is 9.67 Å². The van der Waals surface area contributed by atoms with Crippen LogP contribution in [0.4, 0.5) is 0 Å². The number of aliphatic hydroxyl groups is 1. The number of aryl methyl sites for hydroxylation is 1. The van der Waals surface area contributed by atoms with Crippen molar-refractivity contribution in [2.24, 2.45) is 7.05 Å². The molecule has 4 nitrogen and oxygen atoms in total. The van der Waals surface area contributed by atoms with Crippen LogP contribution < -0.4 is 0 Å². The highest BCUT2D eigenvalue weighted by Gasteiger charge is 2.18. The fourth-order valence-electron chi connectivity index (χ4n) is 1.36. The maximum Gasteiger partial charge on any atom is 0.155 e. The van der Waals surface area contributed by atoms with Crippen molar-refractivity contribution in [3.05, 3.63) is 47.3 Å². The van der Waals surface area contributed by atoms with Crippen LogP contribution in [0, 0.1) is 0 Å². The molecule has 1 N–H and O–H groups in total. The summed E-state index contributed by atoms with van der Waals surface area (Å²) in [6.07, 6.45) is 4.08. The third-order valence-corrected chi connectivity index (χ3v) is 2.47. The molecule has 0 aliphatic carbocycles. The molecule has 0 amide bonds. The van der Waals surface area contributed by atoms with E-state index in [4.69, 9.17) is 11.6 Å². The van der Waals surface area contributed by atoms with E-state index in [0.717, 1.165) is 0 Å². The predicted molar refractivity (Wildman–Crippen MR) is 56.5 cm³/mol. The highest BCUT2D eigenvalue weighted by atomic mass is 35.5. The summed E-state index contributed by atoms with van der Waals surface area (Å²) in [7, 11) is 1.81. The zero-order chi connectivity index (χ0) is 10.8. The molecule has 2 aromatic rings. The largest absolute Gasteiger partial charge is 0.379 e. The van der Waals surface area contributed by atoms with Gasteiger partial charge in [0.05, 0.1) is 10.7 Å². The van der Waals surface area contributed by atoms with Gasteiger partial charge in [-0.3, -0.25) is 4.98 Å². The minimum atomic E-state index is -0.890. The van der Waals surface area contributed by atoms with Gasteiger partial charge in [-0.05, 0) is 12.1 Å². The first-order valence-corrected chi connectivity index (χ1v) is 4.83. The van der Waals surface area contributed by atoms with Crippen LogP contribution in [0.1, 0.15) is 17.6 Å². The van der Waals surface area contributed by atoms with E-state index in [0.29, 0.717) is 16.5 Å². The minimum absolute atomic E-state index is 0.425. The first-order valence-electron chi connectivity index (χ1n) is 4.46. The Morgan fingerprint density at radius 3 is 2.80 bits per heavy atom. The summed E-state index contributed by atoms with van der Waals surface area (Å²) < 4.78 is 1.73. The Kier molecular flexibility index (Phi) is 2.70. The molecule has 5 heteroatoms. The van der Waals surface area contributed by atoms with Gasteiger partial charge in [-0.25, -0.2) is 4.98 Å². The van der Waals surface area contributed by atoms with Crippen molar-refractivity contribution >= 4 is 11.6 Å². The van der Waals surface area contributed by atoms with Gasteiger partial charge in [0.2, 0.25) is 0 Å². The maximum atomic E-state index is 10.0. The van der Waals surface area contributed by atoms with Gasteiger partial charge in [0.25, 0.3) is 0 Å². The van der Waals surface area contributed by atoms with Gasteiger partial charge in [0, 0.05) is 25.6 Å². The number of rotatable bonds is 2. The molecule has 0 bridgehead atoms. The Morgan fingerprint density at radius 1 is 1.40 bits per heavy atom. The maximum absolute atomic E-state index is 10.0. The Morgan fingerprint density at radius 2 is 2.20 bits per heavy atom. The molecule has 0 saturated heterocycles. The summed E-state index contributed by atoms with van der Waals surface area (Å²) in [5, 5.41) is 10.5. The van der Waals surface area contributed by atoms with Crippen molar-refractivity contribution < 1.29 is 5.11 Å². The van der Waals surface area contributed by atoms with Crippen molar-refractivity contribution in [3.63, 3.8) is 0 Å². The van der Waals surface area contributed by atoms with Crippen LogP contribution in [0.25, 0.3) is 0 Å². The van der Waals surface area contributed by atoms with Crippen molar-refractivity contribution in [1.29, 1.82) is 0 Å². The molecule has 78 valence electrons. The number of pyridine rings is 1. The number of imidazole rings is 1. The lowest BCUT2D eigenvalue weighted by Gasteiger charge is -2.10. The highest BCUT2D eigenvalue weighted by molar-refractivity contribution is 6.31. The Hall–Kier alpha value is -1.39. The monoisotopic (exact) mass is 223 g/mol. The lowest BCUT2D eigenvalue weighted by molar-refractivity contribution is 0.201. The first kappa shape index (κ1) is 10.1. The van der Waals surface area contributed by atoms with Gasteiger partial charge >= 0.3 is 0 Å². The second-order valence-corrected chi connectivity index (χ2v) is 3.58. The van der Waals surface area contributed by atoms with Crippen LogP contribution in [0.2, 0.25) is 5.02 Å². The van der Waals surface area contributed by atoms with Crippen LogP contribution in [0.15, 0.2) is 30.7 Å². The third kappa shape index (κ3) is 1.86. The van der Waals surface area contributed by atoms with E-state index in [-0.39, 0.29) is 0 Å². The Bertz CT molecular complexity index is 469. The molecule has 0 aliphatic heterocycles. The fraction of sp³-hybridized carbons (Fsp3) is 0.200. The summed E-state index contributed by atoms with van der Waals surface area (Å²) >= 11 is 5.93. The average Bonchev–Trinajstić information content (AvgIpc) is 2.64. The van der Waals surface area contributed by atoms with Gasteiger partial charge in [-0.1, -0.05) is 11.6 Å². The fourth-order valence-corrected chi connectivity index (χ4v) is 1.59. The van der Waals surface area contributed by atoms with Crippen molar-refractivity contribution in [1.82, 2.24) is 14.5 Å².